The lowest BCUT2D eigenvalue weighted by molar-refractivity contribution is 0.126. The number of hydrogen-bond donors (Lipinski definition) is 1. The van der Waals surface area contributed by atoms with Crippen molar-refractivity contribution < 1.29 is 0 Å². The van der Waals surface area contributed by atoms with Gasteiger partial charge in [0.2, 0.25) is 0 Å². The predicted octanol–water partition coefficient (Wildman–Crippen LogP) is 2.70. The zero-order chi connectivity index (χ0) is 8.16. The fourth-order valence-corrected chi connectivity index (χ4v) is 1.98. The van der Waals surface area contributed by atoms with Gasteiger partial charge in [0.1, 0.15) is 0 Å². The first-order valence-electron chi connectivity index (χ1n) is 5.03. The van der Waals surface area contributed by atoms with Crippen LogP contribution in [-0.4, -0.2) is 6.54 Å². The summed E-state index contributed by atoms with van der Waals surface area (Å²) in [7, 11) is 0. The molecule has 0 bridgehead atoms. The molecule has 0 aliphatic heterocycles. The summed E-state index contributed by atoms with van der Waals surface area (Å²) in [5.41, 5.74) is 6.34. The number of unbranched alkanes of at least 4 members (excludes halogenated alkanes) is 2. The van der Waals surface area contributed by atoms with E-state index in [1.54, 1.807) is 0 Å². The van der Waals surface area contributed by atoms with Gasteiger partial charge in [-0.15, -0.1) is 0 Å². The minimum Gasteiger partial charge on any atom is -0.330 e. The molecule has 0 aromatic rings. The molecule has 0 radical (unpaired) electrons. The fraction of sp³-hybridized carbons (Fsp3) is 1.00. The van der Waals surface area contributed by atoms with Crippen LogP contribution in [0.5, 0.6) is 0 Å². The summed E-state index contributed by atoms with van der Waals surface area (Å²) >= 11 is 0. The molecule has 0 atom stereocenters. The van der Waals surface area contributed by atoms with Crippen molar-refractivity contribution in [2.75, 3.05) is 6.54 Å². The van der Waals surface area contributed by atoms with E-state index in [0.29, 0.717) is 5.41 Å². The van der Waals surface area contributed by atoms with Gasteiger partial charge >= 0.3 is 0 Å². The molecule has 1 fully saturated rings. The molecule has 0 heterocycles. The zero-order valence-corrected chi connectivity index (χ0v) is 7.73. The van der Waals surface area contributed by atoms with E-state index in [2.05, 4.69) is 6.92 Å². The molecule has 0 aromatic heterocycles. The molecule has 2 N–H and O–H groups in total. The lowest BCUT2D eigenvalue weighted by Crippen LogP contribution is -2.37. The second-order valence-corrected chi connectivity index (χ2v) is 4.01. The van der Waals surface area contributed by atoms with E-state index in [0.717, 1.165) is 6.54 Å². The zero-order valence-electron chi connectivity index (χ0n) is 7.73. The summed E-state index contributed by atoms with van der Waals surface area (Å²) in [4.78, 5) is 0. The summed E-state index contributed by atoms with van der Waals surface area (Å²) in [5.74, 6) is 0. The van der Waals surface area contributed by atoms with Crippen molar-refractivity contribution in [3.05, 3.63) is 0 Å². The SMILES string of the molecule is CCCCCC1(CN)CCC1. The van der Waals surface area contributed by atoms with E-state index < -0.39 is 0 Å². The Labute approximate surface area is 70.4 Å². The molecule has 0 spiro atoms. The number of hydrogen-bond acceptors (Lipinski definition) is 1. The molecule has 66 valence electrons. The minimum atomic E-state index is 0.592. The molecule has 1 nitrogen and oxygen atoms in total. The summed E-state index contributed by atoms with van der Waals surface area (Å²) < 4.78 is 0. The van der Waals surface area contributed by atoms with Crippen LogP contribution in [-0.2, 0) is 0 Å². The molecule has 1 heteroatoms. The molecule has 1 saturated carbocycles. The van der Waals surface area contributed by atoms with Crippen LogP contribution in [0.1, 0.15) is 51.9 Å². The third kappa shape index (κ3) is 2.19. The van der Waals surface area contributed by atoms with E-state index >= 15 is 0 Å². The van der Waals surface area contributed by atoms with Crippen molar-refractivity contribution in [2.45, 2.75) is 51.9 Å². The van der Waals surface area contributed by atoms with Gasteiger partial charge in [-0.3, -0.25) is 0 Å². The average molecular weight is 155 g/mol. The summed E-state index contributed by atoms with van der Waals surface area (Å²) in [6, 6.07) is 0. The van der Waals surface area contributed by atoms with E-state index in [-0.39, 0.29) is 0 Å². The number of nitrogens with two attached hydrogens (primary N) is 1. The minimum absolute atomic E-state index is 0.592. The average Bonchev–Trinajstić information content (AvgIpc) is 1.95. The molecule has 0 amide bonds. The first kappa shape index (κ1) is 9.05. The maximum absolute atomic E-state index is 5.75. The maximum atomic E-state index is 5.75. The molecular weight excluding hydrogens is 134 g/mol. The van der Waals surface area contributed by atoms with Gasteiger partial charge in [0.25, 0.3) is 0 Å². The summed E-state index contributed by atoms with van der Waals surface area (Å²) in [5, 5.41) is 0. The smallest absolute Gasteiger partial charge is 0.00205 e. The largest absolute Gasteiger partial charge is 0.330 e. The van der Waals surface area contributed by atoms with Crippen LogP contribution < -0.4 is 5.73 Å². The van der Waals surface area contributed by atoms with Crippen LogP contribution >= 0.6 is 0 Å². The van der Waals surface area contributed by atoms with Crippen LogP contribution in [0.3, 0.4) is 0 Å². The summed E-state index contributed by atoms with van der Waals surface area (Å²) in [6.45, 7) is 3.19. The van der Waals surface area contributed by atoms with Gasteiger partial charge in [0.05, 0.1) is 0 Å². The second-order valence-electron chi connectivity index (χ2n) is 4.01. The Hall–Kier alpha value is -0.0400. The Bertz CT molecular complexity index is 99.9. The topological polar surface area (TPSA) is 26.0 Å². The molecule has 0 aromatic carbocycles. The lowest BCUT2D eigenvalue weighted by Gasteiger charge is -2.41. The lowest BCUT2D eigenvalue weighted by atomic mass is 9.66. The molecule has 1 aliphatic rings. The van der Waals surface area contributed by atoms with Crippen LogP contribution in [0.2, 0.25) is 0 Å². The van der Waals surface area contributed by atoms with E-state index in [9.17, 15) is 0 Å². The highest BCUT2D eigenvalue weighted by molar-refractivity contribution is 4.88. The quantitative estimate of drug-likeness (QED) is 0.607. The Morgan fingerprint density at radius 3 is 2.36 bits per heavy atom. The van der Waals surface area contributed by atoms with Gasteiger partial charge in [-0.25, -0.2) is 0 Å². The molecule has 1 aliphatic carbocycles. The molecule has 11 heavy (non-hydrogen) atoms. The van der Waals surface area contributed by atoms with Gasteiger partial charge in [-0.1, -0.05) is 32.6 Å². The Morgan fingerprint density at radius 1 is 1.27 bits per heavy atom. The fourth-order valence-electron chi connectivity index (χ4n) is 1.98. The van der Waals surface area contributed by atoms with E-state index in [1.165, 1.54) is 44.9 Å². The van der Waals surface area contributed by atoms with Gasteiger partial charge in [-0.05, 0) is 31.2 Å². The molecule has 0 saturated heterocycles. The third-order valence-electron chi connectivity index (χ3n) is 3.16. The number of rotatable bonds is 5. The van der Waals surface area contributed by atoms with Crippen molar-refractivity contribution in [1.82, 2.24) is 0 Å². The summed E-state index contributed by atoms with van der Waals surface area (Å²) in [6.07, 6.45) is 9.72. The first-order valence-corrected chi connectivity index (χ1v) is 5.03. The first-order chi connectivity index (χ1) is 5.33. The predicted molar refractivity (Wildman–Crippen MR) is 49.5 cm³/mol. The van der Waals surface area contributed by atoms with Crippen LogP contribution in [0.15, 0.2) is 0 Å². The van der Waals surface area contributed by atoms with Crippen LogP contribution in [0, 0.1) is 5.41 Å². The Kier molecular flexibility index (Phi) is 3.38. The monoisotopic (exact) mass is 155 g/mol. The van der Waals surface area contributed by atoms with Crippen LogP contribution in [0.25, 0.3) is 0 Å². The molecule has 1 rings (SSSR count). The van der Waals surface area contributed by atoms with Gasteiger partial charge in [0.15, 0.2) is 0 Å². The van der Waals surface area contributed by atoms with E-state index in [4.69, 9.17) is 5.73 Å². The van der Waals surface area contributed by atoms with Crippen molar-refractivity contribution in [3.63, 3.8) is 0 Å². The maximum Gasteiger partial charge on any atom is -0.00205 e. The van der Waals surface area contributed by atoms with Crippen molar-refractivity contribution in [2.24, 2.45) is 11.1 Å². The Balaban J connectivity index is 2.11. The van der Waals surface area contributed by atoms with Gasteiger partial charge in [0, 0.05) is 0 Å². The van der Waals surface area contributed by atoms with Gasteiger partial charge in [-0.2, -0.15) is 0 Å². The van der Waals surface area contributed by atoms with Crippen LogP contribution in [0.4, 0.5) is 0 Å². The highest BCUT2D eigenvalue weighted by atomic mass is 14.6. The van der Waals surface area contributed by atoms with Crippen molar-refractivity contribution in [1.29, 1.82) is 0 Å². The normalized spacial score (nSPS) is 21.3. The van der Waals surface area contributed by atoms with E-state index in [1.807, 2.05) is 0 Å². The van der Waals surface area contributed by atoms with Crippen molar-refractivity contribution >= 4 is 0 Å². The molecular formula is C10H21N. The van der Waals surface area contributed by atoms with Crippen molar-refractivity contribution in [3.8, 4) is 0 Å². The Morgan fingerprint density at radius 2 is 2.00 bits per heavy atom. The standard InChI is InChI=1S/C10H21N/c1-2-3-4-6-10(9-11)7-5-8-10/h2-9,11H2,1H3. The highest BCUT2D eigenvalue weighted by Gasteiger charge is 2.34. The van der Waals surface area contributed by atoms with Gasteiger partial charge < -0.3 is 5.73 Å². The third-order valence-corrected chi connectivity index (χ3v) is 3.16. The second kappa shape index (κ2) is 4.10. The highest BCUT2D eigenvalue weighted by Crippen LogP contribution is 2.43. The molecule has 0 unspecified atom stereocenters.